The Bertz CT molecular complexity index is 347. The second-order valence-electron chi connectivity index (χ2n) is 4.49. The third-order valence-corrected chi connectivity index (χ3v) is 3.21. The zero-order valence-electron chi connectivity index (χ0n) is 11.5. The fourth-order valence-electron chi connectivity index (χ4n) is 1.75. The largest absolute Gasteiger partial charge is 0.493 e. The predicted molar refractivity (Wildman–Crippen MR) is 69.4 cm³/mol. The standard InChI is InChI=1S/C14H22O3/c1-9(2)10(3)11-7-12(15-4)14(17-6)13(8-11)16-5/h7-10H,1-6H3/t10-/m1/s1. The Kier molecular flexibility index (Phi) is 4.67. The van der Waals surface area contributed by atoms with E-state index in [0.717, 1.165) is 0 Å². The lowest BCUT2D eigenvalue weighted by atomic mass is 9.90. The molecule has 0 saturated heterocycles. The van der Waals surface area contributed by atoms with E-state index in [1.165, 1.54) is 5.56 Å². The minimum atomic E-state index is 0.448. The van der Waals surface area contributed by atoms with Crippen LogP contribution in [0.1, 0.15) is 32.3 Å². The minimum Gasteiger partial charge on any atom is -0.493 e. The molecule has 0 amide bonds. The molecule has 0 bridgehead atoms. The second-order valence-corrected chi connectivity index (χ2v) is 4.49. The first-order valence-corrected chi connectivity index (χ1v) is 5.85. The molecule has 0 N–H and O–H groups in total. The topological polar surface area (TPSA) is 27.7 Å². The van der Waals surface area contributed by atoms with Gasteiger partial charge in [0.05, 0.1) is 21.3 Å². The van der Waals surface area contributed by atoms with Crippen LogP contribution in [-0.2, 0) is 0 Å². The first kappa shape index (κ1) is 13.7. The van der Waals surface area contributed by atoms with Crippen molar-refractivity contribution in [2.24, 2.45) is 5.92 Å². The molecule has 0 unspecified atom stereocenters. The highest BCUT2D eigenvalue weighted by atomic mass is 16.5. The van der Waals surface area contributed by atoms with Crippen LogP contribution in [0.3, 0.4) is 0 Å². The smallest absolute Gasteiger partial charge is 0.203 e. The Labute approximate surface area is 104 Å². The molecular formula is C14H22O3. The van der Waals surface area contributed by atoms with Gasteiger partial charge in [0.2, 0.25) is 5.75 Å². The Hall–Kier alpha value is -1.38. The molecule has 3 heteroatoms. The maximum absolute atomic E-state index is 5.34. The Morgan fingerprint density at radius 1 is 0.824 bits per heavy atom. The van der Waals surface area contributed by atoms with E-state index in [1.807, 2.05) is 12.1 Å². The maximum atomic E-state index is 5.34. The molecule has 0 aromatic heterocycles. The molecule has 0 heterocycles. The first-order chi connectivity index (χ1) is 8.04. The van der Waals surface area contributed by atoms with Crippen LogP contribution < -0.4 is 14.2 Å². The number of hydrogen-bond donors (Lipinski definition) is 0. The van der Waals surface area contributed by atoms with Crippen LogP contribution in [0.4, 0.5) is 0 Å². The average Bonchev–Trinajstić information content (AvgIpc) is 2.35. The van der Waals surface area contributed by atoms with E-state index in [2.05, 4.69) is 20.8 Å². The van der Waals surface area contributed by atoms with Crippen LogP contribution in [0, 0.1) is 5.92 Å². The van der Waals surface area contributed by atoms with Crippen LogP contribution in [-0.4, -0.2) is 21.3 Å². The Morgan fingerprint density at radius 2 is 1.29 bits per heavy atom. The number of hydrogen-bond acceptors (Lipinski definition) is 3. The second kappa shape index (κ2) is 5.80. The van der Waals surface area contributed by atoms with Gasteiger partial charge in [0.25, 0.3) is 0 Å². The van der Waals surface area contributed by atoms with Crippen LogP contribution in [0.15, 0.2) is 12.1 Å². The summed E-state index contributed by atoms with van der Waals surface area (Å²) in [7, 11) is 4.90. The van der Waals surface area contributed by atoms with Crippen molar-refractivity contribution in [3.05, 3.63) is 17.7 Å². The third-order valence-electron chi connectivity index (χ3n) is 3.21. The molecule has 3 nitrogen and oxygen atoms in total. The van der Waals surface area contributed by atoms with Crippen molar-refractivity contribution >= 4 is 0 Å². The number of methoxy groups -OCH3 is 3. The SMILES string of the molecule is COc1cc([C@H](C)C(C)C)cc(OC)c1OC. The zero-order chi connectivity index (χ0) is 13.0. The molecule has 0 aliphatic carbocycles. The molecule has 0 radical (unpaired) electrons. The van der Waals surface area contributed by atoms with Gasteiger partial charge in [0, 0.05) is 0 Å². The molecule has 0 spiro atoms. The van der Waals surface area contributed by atoms with Crippen molar-refractivity contribution in [1.82, 2.24) is 0 Å². The van der Waals surface area contributed by atoms with Gasteiger partial charge in [-0.15, -0.1) is 0 Å². The minimum absolute atomic E-state index is 0.448. The summed E-state index contributed by atoms with van der Waals surface area (Å²) in [6, 6.07) is 4.04. The number of rotatable bonds is 5. The van der Waals surface area contributed by atoms with E-state index in [0.29, 0.717) is 29.1 Å². The molecule has 1 rings (SSSR count). The van der Waals surface area contributed by atoms with Crippen molar-refractivity contribution in [2.75, 3.05) is 21.3 Å². The van der Waals surface area contributed by atoms with Gasteiger partial charge in [-0.3, -0.25) is 0 Å². The van der Waals surface area contributed by atoms with Gasteiger partial charge >= 0.3 is 0 Å². The van der Waals surface area contributed by atoms with E-state index in [9.17, 15) is 0 Å². The van der Waals surface area contributed by atoms with Gasteiger partial charge < -0.3 is 14.2 Å². The van der Waals surface area contributed by atoms with E-state index in [4.69, 9.17) is 14.2 Å². The lowest BCUT2D eigenvalue weighted by Crippen LogP contribution is -2.04. The fourth-order valence-corrected chi connectivity index (χ4v) is 1.75. The molecule has 96 valence electrons. The van der Waals surface area contributed by atoms with Gasteiger partial charge in [0.1, 0.15) is 0 Å². The van der Waals surface area contributed by atoms with E-state index in [-0.39, 0.29) is 0 Å². The van der Waals surface area contributed by atoms with Crippen molar-refractivity contribution in [3.8, 4) is 17.2 Å². The highest BCUT2D eigenvalue weighted by Gasteiger charge is 2.17. The summed E-state index contributed by atoms with van der Waals surface area (Å²) in [6.45, 7) is 6.60. The molecule has 1 atom stereocenters. The van der Waals surface area contributed by atoms with Crippen LogP contribution >= 0.6 is 0 Å². The van der Waals surface area contributed by atoms with E-state index >= 15 is 0 Å². The lowest BCUT2D eigenvalue weighted by molar-refractivity contribution is 0.323. The summed E-state index contributed by atoms with van der Waals surface area (Å²) in [6.07, 6.45) is 0. The van der Waals surface area contributed by atoms with Crippen LogP contribution in [0.2, 0.25) is 0 Å². The summed E-state index contributed by atoms with van der Waals surface area (Å²) in [5.74, 6) is 3.10. The summed E-state index contributed by atoms with van der Waals surface area (Å²) in [5.41, 5.74) is 1.20. The normalized spacial score (nSPS) is 12.4. The van der Waals surface area contributed by atoms with Crippen LogP contribution in [0.25, 0.3) is 0 Å². The summed E-state index contributed by atoms with van der Waals surface area (Å²) >= 11 is 0. The first-order valence-electron chi connectivity index (χ1n) is 5.85. The molecule has 1 aromatic carbocycles. The fraction of sp³-hybridized carbons (Fsp3) is 0.571. The molecule has 0 aliphatic heterocycles. The Balaban J connectivity index is 3.27. The summed E-state index contributed by atoms with van der Waals surface area (Å²) < 4.78 is 16.0. The molecule has 0 saturated carbocycles. The molecule has 0 aliphatic rings. The lowest BCUT2D eigenvalue weighted by Gasteiger charge is -2.20. The monoisotopic (exact) mass is 238 g/mol. The summed E-state index contributed by atoms with van der Waals surface area (Å²) in [5, 5.41) is 0. The van der Waals surface area contributed by atoms with Crippen molar-refractivity contribution < 1.29 is 14.2 Å². The third kappa shape index (κ3) is 2.84. The quantitative estimate of drug-likeness (QED) is 0.786. The van der Waals surface area contributed by atoms with Crippen molar-refractivity contribution in [2.45, 2.75) is 26.7 Å². The zero-order valence-corrected chi connectivity index (χ0v) is 11.5. The summed E-state index contributed by atoms with van der Waals surface area (Å²) in [4.78, 5) is 0. The van der Waals surface area contributed by atoms with Gasteiger partial charge in [-0.05, 0) is 29.5 Å². The highest BCUT2D eigenvalue weighted by molar-refractivity contribution is 5.54. The molecular weight excluding hydrogens is 216 g/mol. The van der Waals surface area contributed by atoms with Crippen molar-refractivity contribution in [1.29, 1.82) is 0 Å². The van der Waals surface area contributed by atoms with Crippen LogP contribution in [0.5, 0.6) is 17.2 Å². The highest BCUT2D eigenvalue weighted by Crippen LogP contribution is 2.41. The Morgan fingerprint density at radius 3 is 1.59 bits per heavy atom. The molecule has 1 aromatic rings. The van der Waals surface area contributed by atoms with Crippen molar-refractivity contribution in [3.63, 3.8) is 0 Å². The van der Waals surface area contributed by atoms with Gasteiger partial charge in [-0.2, -0.15) is 0 Å². The molecule has 17 heavy (non-hydrogen) atoms. The van der Waals surface area contributed by atoms with Gasteiger partial charge in [-0.1, -0.05) is 20.8 Å². The number of benzene rings is 1. The number of ether oxygens (including phenoxy) is 3. The van der Waals surface area contributed by atoms with E-state index in [1.54, 1.807) is 21.3 Å². The predicted octanol–water partition coefficient (Wildman–Crippen LogP) is 3.47. The maximum Gasteiger partial charge on any atom is 0.203 e. The average molecular weight is 238 g/mol. The van der Waals surface area contributed by atoms with E-state index < -0.39 is 0 Å². The molecule has 0 fully saturated rings. The van der Waals surface area contributed by atoms with Gasteiger partial charge in [0.15, 0.2) is 11.5 Å². The van der Waals surface area contributed by atoms with Gasteiger partial charge in [-0.25, -0.2) is 0 Å².